The van der Waals surface area contributed by atoms with Crippen LogP contribution in [0.1, 0.15) is 0 Å². The number of epoxide rings is 1. The van der Waals surface area contributed by atoms with Gasteiger partial charge in [0.25, 0.3) is 0 Å². The molecular formula is C9H9O3. The Hall–Kier alpha value is -1.22. The molecule has 0 spiro atoms. The van der Waals surface area contributed by atoms with E-state index < -0.39 is 0 Å². The van der Waals surface area contributed by atoms with Crippen molar-refractivity contribution >= 4 is 0 Å². The average Bonchev–Trinajstić information content (AvgIpc) is 2.86. The van der Waals surface area contributed by atoms with Gasteiger partial charge < -0.3 is 9.47 Å². The van der Waals surface area contributed by atoms with Crippen molar-refractivity contribution in [2.45, 2.75) is 6.10 Å². The lowest BCUT2D eigenvalue weighted by Gasteiger charge is -2.03. The van der Waals surface area contributed by atoms with Crippen LogP contribution >= 0.6 is 0 Å². The smallest absolute Gasteiger partial charge is 0.220 e. The van der Waals surface area contributed by atoms with Gasteiger partial charge in [0.1, 0.15) is 12.7 Å². The summed E-state index contributed by atoms with van der Waals surface area (Å²) >= 11 is 0. The van der Waals surface area contributed by atoms with E-state index in [1.807, 2.05) is 0 Å². The van der Waals surface area contributed by atoms with Gasteiger partial charge in [-0.25, -0.2) is 0 Å². The first-order chi connectivity index (χ1) is 5.86. The zero-order valence-electron chi connectivity index (χ0n) is 6.53. The summed E-state index contributed by atoms with van der Waals surface area (Å²) in [6, 6.07) is 6.64. The van der Waals surface area contributed by atoms with Gasteiger partial charge in [-0.2, -0.15) is 0 Å². The van der Waals surface area contributed by atoms with E-state index in [-0.39, 0.29) is 11.9 Å². The van der Waals surface area contributed by atoms with Crippen molar-refractivity contribution in [2.75, 3.05) is 13.2 Å². The molecule has 12 heavy (non-hydrogen) atoms. The van der Waals surface area contributed by atoms with Gasteiger partial charge in [0.2, 0.25) is 5.75 Å². The number of ether oxygens (including phenoxy) is 2. The quantitative estimate of drug-likeness (QED) is 0.638. The van der Waals surface area contributed by atoms with Crippen molar-refractivity contribution in [3.05, 3.63) is 24.3 Å². The van der Waals surface area contributed by atoms with Gasteiger partial charge in [-0.05, 0) is 12.1 Å². The molecule has 0 N–H and O–H groups in total. The molecule has 1 aromatic rings. The summed E-state index contributed by atoms with van der Waals surface area (Å²) in [5.74, 6) is 0.339. The molecule has 1 aliphatic rings. The molecule has 1 saturated heterocycles. The summed E-state index contributed by atoms with van der Waals surface area (Å²) in [4.78, 5) is 0. The Morgan fingerprint density at radius 1 is 1.50 bits per heavy atom. The molecule has 0 bridgehead atoms. The van der Waals surface area contributed by atoms with Gasteiger partial charge in [0.15, 0.2) is 5.75 Å². The van der Waals surface area contributed by atoms with E-state index in [1.165, 1.54) is 6.07 Å². The second-order valence-corrected chi connectivity index (χ2v) is 2.71. The Morgan fingerprint density at radius 3 is 2.92 bits per heavy atom. The van der Waals surface area contributed by atoms with Crippen molar-refractivity contribution < 1.29 is 14.6 Å². The number of hydrogen-bond donors (Lipinski definition) is 0. The highest BCUT2D eigenvalue weighted by Crippen LogP contribution is 2.26. The minimum absolute atomic E-state index is 0.0712. The maximum atomic E-state index is 11.1. The third kappa shape index (κ3) is 1.68. The molecule has 0 saturated carbocycles. The van der Waals surface area contributed by atoms with Crippen molar-refractivity contribution in [3.8, 4) is 11.5 Å². The Balaban J connectivity index is 1.96. The van der Waals surface area contributed by atoms with Crippen LogP contribution in [0.25, 0.3) is 0 Å². The normalized spacial score (nSPS) is 20.5. The summed E-state index contributed by atoms with van der Waals surface area (Å²) in [6.07, 6.45) is 0.199. The number of hydrogen-bond acceptors (Lipinski definition) is 2. The van der Waals surface area contributed by atoms with E-state index in [1.54, 1.807) is 18.2 Å². The molecule has 1 unspecified atom stereocenters. The molecular weight excluding hydrogens is 156 g/mol. The molecule has 2 rings (SSSR count). The Kier molecular flexibility index (Phi) is 1.87. The predicted molar refractivity (Wildman–Crippen MR) is 41.8 cm³/mol. The Labute approximate surface area is 70.5 Å². The maximum absolute atomic E-state index is 11.1. The molecule has 1 heterocycles. The summed E-state index contributed by atoms with van der Waals surface area (Å²) in [6.45, 7) is 1.24. The van der Waals surface area contributed by atoms with Crippen LogP contribution < -0.4 is 4.74 Å². The van der Waals surface area contributed by atoms with Gasteiger partial charge >= 0.3 is 0 Å². The van der Waals surface area contributed by atoms with E-state index in [0.717, 1.165) is 6.61 Å². The Bertz CT molecular complexity index is 268. The monoisotopic (exact) mass is 165 g/mol. The van der Waals surface area contributed by atoms with Gasteiger partial charge in [-0.3, -0.25) is 5.11 Å². The minimum Gasteiger partial charge on any atom is -0.487 e. The van der Waals surface area contributed by atoms with E-state index >= 15 is 0 Å². The van der Waals surface area contributed by atoms with E-state index in [0.29, 0.717) is 12.4 Å². The minimum atomic E-state index is -0.0712. The molecule has 0 aliphatic carbocycles. The van der Waals surface area contributed by atoms with Crippen molar-refractivity contribution in [3.63, 3.8) is 0 Å². The molecule has 3 heteroatoms. The second-order valence-electron chi connectivity index (χ2n) is 2.71. The second kappa shape index (κ2) is 3.03. The van der Waals surface area contributed by atoms with Crippen molar-refractivity contribution in [1.29, 1.82) is 0 Å². The average molecular weight is 165 g/mol. The van der Waals surface area contributed by atoms with Gasteiger partial charge in [0.05, 0.1) is 6.61 Å². The summed E-state index contributed by atoms with van der Waals surface area (Å²) < 4.78 is 10.2. The fourth-order valence-corrected chi connectivity index (χ4v) is 0.916. The first-order valence-electron chi connectivity index (χ1n) is 3.87. The fraction of sp³-hybridized carbons (Fsp3) is 0.333. The molecule has 1 atom stereocenters. The third-order valence-electron chi connectivity index (χ3n) is 1.68. The fourth-order valence-electron chi connectivity index (χ4n) is 0.916. The Morgan fingerprint density at radius 2 is 2.25 bits per heavy atom. The summed E-state index contributed by atoms with van der Waals surface area (Å²) in [5, 5.41) is 11.1. The van der Waals surface area contributed by atoms with E-state index in [2.05, 4.69) is 0 Å². The number of benzene rings is 1. The van der Waals surface area contributed by atoms with Crippen molar-refractivity contribution in [2.24, 2.45) is 0 Å². The van der Waals surface area contributed by atoms with E-state index in [9.17, 15) is 5.11 Å². The first-order valence-corrected chi connectivity index (χ1v) is 3.87. The maximum Gasteiger partial charge on any atom is 0.220 e. The molecule has 63 valence electrons. The first kappa shape index (κ1) is 7.43. The lowest BCUT2D eigenvalue weighted by atomic mass is 10.3. The number of rotatable bonds is 3. The van der Waals surface area contributed by atoms with Gasteiger partial charge in [-0.15, -0.1) is 0 Å². The number of para-hydroxylation sites is 2. The highest BCUT2D eigenvalue weighted by molar-refractivity contribution is 5.37. The van der Waals surface area contributed by atoms with Crippen LogP contribution in [-0.2, 0) is 9.84 Å². The molecule has 0 aromatic heterocycles. The predicted octanol–water partition coefficient (Wildman–Crippen LogP) is 1.61. The lowest BCUT2D eigenvalue weighted by molar-refractivity contribution is 0.243. The summed E-state index contributed by atoms with van der Waals surface area (Å²) in [7, 11) is 0. The summed E-state index contributed by atoms with van der Waals surface area (Å²) in [5.41, 5.74) is 0. The molecule has 1 radical (unpaired) electrons. The van der Waals surface area contributed by atoms with Crippen LogP contribution in [0.15, 0.2) is 24.3 Å². The van der Waals surface area contributed by atoms with Crippen LogP contribution in [0, 0.1) is 0 Å². The van der Waals surface area contributed by atoms with Crippen LogP contribution in [0.5, 0.6) is 11.5 Å². The topological polar surface area (TPSA) is 41.7 Å². The van der Waals surface area contributed by atoms with Crippen LogP contribution in [0.4, 0.5) is 0 Å². The zero-order valence-corrected chi connectivity index (χ0v) is 6.53. The largest absolute Gasteiger partial charge is 0.487 e. The van der Waals surface area contributed by atoms with Crippen molar-refractivity contribution in [1.82, 2.24) is 0 Å². The zero-order chi connectivity index (χ0) is 8.39. The molecule has 1 fully saturated rings. The van der Waals surface area contributed by atoms with E-state index in [4.69, 9.17) is 9.47 Å². The molecule has 0 amide bonds. The molecule has 1 aromatic carbocycles. The molecule has 1 aliphatic heterocycles. The SMILES string of the molecule is [O]c1ccccc1OCC1CO1. The lowest BCUT2D eigenvalue weighted by Crippen LogP contribution is -2.03. The van der Waals surface area contributed by atoms with Gasteiger partial charge in [0, 0.05) is 0 Å². The van der Waals surface area contributed by atoms with Crippen LogP contribution in [0.2, 0.25) is 0 Å². The van der Waals surface area contributed by atoms with Crippen LogP contribution in [0.3, 0.4) is 0 Å². The highest BCUT2D eigenvalue weighted by Gasteiger charge is 2.23. The van der Waals surface area contributed by atoms with Crippen LogP contribution in [-0.4, -0.2) is 19.3 Å². The third-order valence-corrected chi connectivity index (χ3v) is 1.68. The standard InChI is InChI=1S/C9H9O3/c10-8-3-1-2-4-9(8)12-6-7-5-11-7/h1-4,7H,5-6H2. The molecule has 3 nitrogen and oxygen atoms in total. The van der Waals surface area contributed by atoms with Gasteiger partial charge in [-0.1, -0.05) is 12.1 Å². The highest BCUT2D eigenvalue weighted by atomic mass is 16.6.